The van der Waals surface area contributed by atoms with E-state index in [0.29, 0.717) is 0 Å². The molecule has 2 rings (SSSR count). The van der Waals surface area contributed by atoms with Crippen LogP contribution in [0.15, 0.2) is 30.4 Å². The second-order valence-corrected chi connectivity index (χ2v) is 5.32. The third kappa shape index (κ3) is 3.78. The van der Waals surface area contributed by atoms with E-state index in [1.807, 2.05) is 25.1 Å². The van der Waals surface area contributed by atoms with E-state index < -0.39 is 0 Å². The Morgan fingerprint density at radius 3 is 2.71 bits per heavy atom. The molecule has 21 heavy (non-hydrogen) atoms. The average Bonchev–Trinajstić information content (AvgIpc) is 2.54. The summed E-state index contributed by atoms with van der Waals surface area (Å²) in [6.45, 7) is 1.97. The molecule has 0 aromatic heterocycles. The first-order chi connectivity index (χ1) is 10.2. The lowest BCUT2D eigenvalue weighted by Crippen LogP contribution is -2.33. The third-order valence-corrected chi connectivity index (χ3v) is 3.91. The lowest BCUT2D eigenvalue weighted by atomic mass is 9.93. The van der Waals surface area contributed by atoms with Gasteiger partial charge in [0.25, 0.3) is 0 Å². The Labute approximate surface area is 126 Å². The summed E-state index contributed by atoms with van der Waals surface area (Å²) in [6.07, 6.45) is 6.97. The van der Waals surface area contributed by atoms with Crippen molar-refractivity contribution in [1.82, 2.24) is 5.32 Å². The first kappa shape index (κ1) is 15.4. The van der Waals surface area contributed by atoms with Crippen LogP contribution in [0, 0.1) is 5.92 Å². The fourth-order valence-electron chi connectivity index (χ4n) is 2.62. The molecule has 114 valence electrons. The molecule has 0 spiro atoms. The number of amides is 1. The Balaban J connectivity index is 2.07. The van der Waals surface area contributed by atoms with Gasteiger partial charge in [0.2, 0.25) is 5.91 Å². The minimum absolute atomic E-state index is 0.0849. The van der Waals surface area contributed by atoms with E-state index in [1.165, 1.54) is 0 Å². The van der Waals surface area contributed by atoms with Crippen LogP contribution in [-0.4, -0.2) is 20.1 Å². The highest BCUT2D eigenvalue weighted by Gasteiger charge is 2.22. The van der Waals surface area contributed by atoms with Crippen molar-refractivity contribution >= 4 is 5.91 Å². The zero-order chi connectivity index (χ0) is 15.2. The standard InChI is InChI=1S/C17H23NO3/c1-12(18-17(19)13-7-5-4-6-8-13)15-10-9-14(20-2)11-16(15)21-3/h4-5,9-13H,6-8H2,1-3H3,(H,18,19). The number of hydrogen-bond donors (Lipinski definition) is 1. The van der Waals surface area contributed by atoms with Crippen LogP contribution in [-0.2, 0) is 4.79 Å². The Bertz CT molecular complexity index is 525. The quantitative estimate of drug-likeness (QED) is 0.847. The van der Waals surface area contributed by atoms with Gasteiger partial charge in [-0.3, -0.25) is 4.79 Å². The zero-order valence-corrected chi connectivity index (χ0v) is 12.9. The summed E-state index contributed by atoms with van der Waals surface area (Å²) in [6, 6.07) is 5.55. The molecular formula is C17H23NO3. The molecule has 1 N–H and O–H groups in total. The molecule has 0 bridgehead atoms. The number of carbonyl (C=O) groups is 1. The van der Waals surface area contributed by atoms with Gasteiger partial charge in [-0.15, -0.1) is 0 Å². The Morgan fingerprint density at radius 1 is 1.29 bits per heavy atom. The summed E-state index contributed by atoms with van der Waals surface area (Å²) in [4.78, 5) is 12.3. The summed E-state index contributed by atoms with van der Waals surface area (Å²) in [5.41, 5.74) is 0.956. The molecule has 1 aromatic rings. The van der Waals surface area contributed by atoms with Crippen molar-refractivity contribution in [2.45, 2.75) is 32.2 Å². The summed E-state index contributed by atoms with van der Waals surface area (Å²) in [5, 5.41) is 3.08. The van der Waals surface area contributed by atoms with Crippen molar-refractivity contribution in [3.8, 4) is 11.5 Å². The van der Waals surface area contributed by atoms with Crippen LogP contribution in [0.2, 0.25) is 0 Å². The summed E-state index contributed by atoms with van der Waals surface area (Å²) < 4.78 is 10.6. The number of allylic oxidation sites excluding steroid dienone is 2. The van der Waals surface area contributed by atoms with E-state index in [-0.39, 0.29) is 17.9 Å². The Hall–Kier alpha value is -1.97. The average molecular weight is 289 g/mol. The molecule has 0 heterocycles. The van der Waals surface area contributed by atoms with E-state index in [2.05, 4.69) is 17.5 Å². The maximum absolute atomic E-state index is 12.3. The first-order valence-corrected chi connectivity index (χ1v) is 7.33. The molecule has 0 saturated heterocycles. The monoisotopic (exact) mass is 289 g/mol. The molecule has 1 aromatic carbocycles. The van der Waals surface area contributed by atoms with Gasteiger partial charge in [0, 0.05) is 17.5 Å². The SMILES string of the molecule is COc1ccc(C(C)NC(=O)C2CC=CCC2)c(OC)c1. The summed E-state index contributed by atoms with van der Waals surface area (Å²) in [5.74, 6) is 1.67. The molecule has 4 nitrogen and oxygen atoms in total. The maximum atomic E-state index is 12.3. The predicted octanol–water partition coefficient (Wildman–Crippen LogP) is 3.24. The van der Waals surface area contributed by atoms with E-state index in [9.17, 15) is 4.79 Å². The van der Waals surface area contributed by atoms with Gasteiger partial charge in [-0.2, -0.15) is 0 Å². The topological polar surface area (TPSA) is 47.6 Å². The number of ether oxygens (including phenoxy) is 2. The molecule has 2 atom stereocenters. The van der Waals surface area contributed by atoms with Gasteiger partial charge in [-0.25, -0.2) is 0 Å². The Kier molecular flexibility index (Phi) is 5.26. The fraction of sp³-hybridized carbons (Fsp3) is 0.471. The minimum atomic E-state index is -0.0933. The van der Waals surface area contributed by atoms with Crippen LogP contribution < -0.4 is 14.8 Å². The van der Waals surface area contributed by atoms with Crippen molar-refractivity contribution < 1.29 is 14.3 Å². The van der Waals surface area contributed by atoms with Crippen molar-refractivity contribution in [2.75, 3.05) is 14.2 Å². The first-order valence-electron chi connectivity index (χ1n) is 7.33. The van der Waals surface area contributed by atoms with Crippen LogP contribution in [0.5, 0.6) is 11.5 Å². The van der Waals surface area contributed by atoms with E-state index >= 15 is 0 Å². The van der Waals surface area contributed by atoms with Gasteiger partial charge in [0.15, 0.2) is 0 Å². The maximum Gasteiger partial charge on any atom is 0.223 e. The predicted molar refractivity (Wildman–Crippen MR) is 82.6 cm³/mol. The van der Waals surface area contributed by atoms with E-state index in [4.69, 9.17) is 9.47 Å². The van der Waals surface area contributed by atoms with Crippen molar-refractivity contribution in [3.63, 3.8) is 0 Å². The highest BCUT2D eigenvalue weighted by molar-refractivity contribution is 5.79. The molecular weight excluding hydrogens is 266 g/mol. The van der Waals surface area contributed by atoms with Gasteiger partial charge < -0.3 is 14.8 Å². The van der Waals surface area contributed by atoms with Gasteiger partial charge in [0.1, 0.15) is 11.5 Å². The zero-order valence-electron chi connectivity index (χ0n) is 12.9. The van der Waals surface area contributed by atoms with Gasteiger partial charge in [0.05, 0.1) is 20.3 Å². The number of carbonyl (C=O) groups excluding carboxylic acids is 1. The van der Waals surface area contributed by atoms with Crippen molar-refractivity contribution in [3.05, 3.63) is 35.9 Å². The number of nitrogens with one attached hydrogen (secondary N) is 1. The normalized spacial score (nSPS) is 18.9. The highest BCUT2D eigenvalue weighted by atomic mass is 16.5. The molecule has 0 saturated carbocycles. The fourth-order valence-corrected chi connectivity index (χ4v) is 2.62. The largest absolute Gasteiger partial charge is 0.497 e. The molecule has 4 heteroatoms. The van der Waals surface area contributed by atoms with Crippen molar-refractivity contribution in [1.29, 1.82) is 0 Å². The molecule has 1 aliphatic carbocycles. The van der Waals surface area contributed by atoms with Crippen molar-refractivity contribution in [2.24, 2.45) is 5.92 Å². The minimum Gasteiger partial charge on any atom is -0.497 e. The number of benzene rings is 1. The summed E-state index contributed by atoms with van der Waals surface area (Å²) >= 11 is 0. The number of methoxy groups -OCH3 is 2. The molecule has 1 amide bonds. The number of hydrogen-bond acceptors (Lipinski definition) is 3. The Morgan fingerprint density at radius 2 is 2.10 bits per heavy atom. The molecule has 0 fully saturated rings. The number of rotatable bonds is 5. The second kappa shape index (κ2) is 7.16. The van der Waals surface area contributed by atoms with E-state index in [1.54, 1.807) is 14.2 Å². The molecule has 0 radical (unpaired) electrons. The smallest absolute Gasteiger partial charge is 0.223 e. The molecule has 1 aliphatic rings. The molecule has 0 aliphatic heterocycles. The highest BCUT2D eigenvalue weighted by Crippen LogP contribution is 2.30. The van der Waals surface area contributed by atoms with Gasteiger partial charge >= 0.3 is 0 Å². The van der Waals surface area contributed by atoms with E-state index in [0.717, 1.165) is 36.3 Å². The molecule has 2 unspecified atom stereocenters. The van der Waals surface area contributed by atoms with Crippen LogP contribution in [0.1, 0.15) is 37.8 Å². The lowest BCUT2D eigenvalue weighted by Gasteiger charge is -2.22. The van der Waals surface area contributed by atoms with Crippen LogP contribution >= 0.6 is 0 Å². The second-order valence-electron chi connectivity index (χ2n) is 5.32. The van der Waals surface area contributed by atoms with Gasteiger partial charge in [-0.05, 0) is 38.3 Å². The van der Waals surface area contributed by atoms with Gasteiger partial charge in [-0.1, -0.05) is 12.2 Å². The summed E-state index contributed by atoms with van der Waals surface area (Å²) in [7, 11) is 3.25. The third-order valence-electron chi connectivity index (χ3n) is 3.91. The van der Waals surface area contributed by atoms with Crippen LogP contribution in [0.4, 0.5) is 0 Å². The van der Waals surface area contributed by atoms with Crippen LogP contribution in [0.25, 0.3) is 0 Å². The lowest BCUT2D eigenvalue weighted by molar-refractivity contribution is -0.125. The van der Waals surface area contributed by atoms with Crippen LogP contribution in [0.3, 0.4) is 0 Å².